The maximum Gasteiger partial charge on any atom is 0.274 e. The first-order chi connectivity index (χ1) is 9.13. The van der Waals surface area contributed by atoms with Gasteiger partial charge in [-0.15, -0.1) is 0 Å². The fourth-order valence-corrected chi connectivity index (χ4v) is 3.65. The molecule has 0 unspecified atom stereocenters. The molecule has 0 aromatic carbocycles. The summed E-state index contributed by atoms with van der Waals surface area (Å²) in [6.07, 6.45) is 2.52. The fraction of sp³-hybridized carbons (Fsp3) is 0.714. The number of carbonyl (C=O) groups excluding carboxylic acids is 1. The molecule has 102 valence electrons. The topological polar surface area (TPSA) is 58.2 Å². The lowest BCUT2D eigenvalue weighted by Crippen LogP contribution is -2.48. The molecule has 0 spiro atoms. The lowest BCUT2D eigenvalue weighted by molar-refractivity contribution is -0.0587. The van der Waals surface area contributed by atoms with Crippen molar-refractivity contribution in [3.63, 3.8) is 0 Å². The summed E-state index contributed by atoms with van der Waals surface area (Å²) < 4.78 is 5.68. The molecule has 1 aliphatic heterocycles. The number of H-pyrrole nitrogens is 1. The number of ether oxygens (including phenoxy) is 1. The Bertz CT molecular complexity index is 529. The second-order valence-electron chi connectivity index (χ2n) is 6.24. The Morgan fingerprint density at radius 2 is 2.11 bits per heavy atom. The molecule has 19 heavy (non-hydrogen) atoms. The van der Waals surface area contributed by atoms with E-state index in [0.29, 0.717) is 24.7 Å². The average Bonchev–Trinajstić information content (AvgIpc) is 2.84. The largest absolute Gasteiger partial charge is 0.372 e. The first-order valence-electron chi connectivity index (χ1n) is 7.15. The van der Waals surface area contributed by atoms with E-state index in [0.717, 1.165) is 12.3 Å². The van der Waals surface area contributed by atoms with Crippen LogP contribution in [0.25, 0.3) is 0 Å². The first-order valence-corrected chi connectivity index (χ1v) is 7.15. The summed E-state index contributed by atoms with van der Waals surface area (Å²) in [5.74, 6) is 1.51. The summed E-state index contributed by atoms with van der Waals surface area (Å²) >= 11 is 0. The molecule has 2 heterocycles. The summed E-state index contributed by atoms with van der Waals surface area (Å²) in [4.78, 5) is 14.5. The predicted molar refractivity (Wildman–Crippen MR) is 69.1 cm³/mol. The van der Waals surface area contributed by atoms with Crippen LogP contribution in [0.5, 0.6) is 0 Å². The van der Waals surface area contributed by atoms with E-state index in [1.807, 2.05) is 18.7 Å². The van der Waals surface area contributed by atoms with Crippen LogP contribution in [0.3, 0.4) is 0 Å². The summed E-state index contributed by atoms with van der Waals surface area (Å²) in [6.45, 7) is 5.36. The van der Waals surface area contributed by atoms with E-state index in [9.17, 15) is 4.79 Å². The fourth-order valence-electron chi connectivity index (χ4n) is 3.65. The van der Waals surface area contributed by atoms with Gasteiger partial charge in [-0.2, -0.15) is 5.10 Å². The number of fused-ring (bicyclic) bond motifs is 3. The van der Waals surface area contributed by atoms with Gasteiger partial charge in [0.2, 0.25) is 0 Å². The third-order valence-corrected chi connectivity index (χ3v) is 4.57. The summed E-state index contributed by atoms with van der Waals surface area (Å²) in [6, 6.07) is 0. The zero-order valence-electron chi connectivity index (χ0n) is 11.3. The van der Waals surface area contributed by atoms with Crippen molar-refractivity contribution in [1.29, 1.82) is 0 Å². The highest BCUT2D eigenvalue weighted by Gasteiger charge is 2.48. The van der Waals surface area contributed by atoms with Gasteiger partial charge >= 0.3 is 0 Å². The second kappa shape index (κ2) is 3.82. The lowest BCUT2D eigenvalue weighted by atomic mass is 10.1. The molecule has 3 aliphatic rings. The molecule has 1 aromatic rings. The molecule has 5 heteroatoms. The number of amides is 1. The Labute approximate surface area is 112 Å². The highest BCUT2D eigenvalue weighted by atomic mass is 16.5. The first kappa shape index (κ1) is 11.5. The van der Waals surface area contributed by atoms with Gasteiger partial charge in [-0.25, -0.2) is 0 Å². The van der Waals surface area contributed by atoms with Gasteiger partial charge < -0.3 is 9.64 Å². The minimum Gasteiger partial charge on any atom is -0.372 e. The van der Waals surface area contributed by atoms with Crippen LogP contribution in [0, 0.1) is 5.92 Å². The molecular weight excluding hydrogens is 242 g/mol. The van der Waals surface area contributed by atoms with E-state index in [1.165, 1.54) is 17.7 Å². The van der Waals surface area contributed by atoms with Gasteiger partial charge in [0.05, 0.1) is 12.2 Å². The molecule has 1 N–H and O–H groups in total. The number of rotatable bonds is 1. The van der Waals surface area contributed by atoms with Crippen LogP contribution in [0.2, 0.25) is 0 Å². The van der Waals surface area contributed by atoms with Crippen LogP contribution < -0.4 is 0 Å². The van der Waals surface area contributed by atoms with E-state index in [1.54, 1.807) is 0 Å². The molecule has 1 amide bonds. The quantitative estimate of drug-likeness (QED) is 0.829. The normalized spacial score (nSPS) is 36.0. The Morgan fingerprint density at radius 1 is 1.37 bits per heavy atom. The van der Waals surface area contributed by atoms with Crippen LogP contribution in [0.1, 0.15) is 47.9 Å². The van der Waals surface area contributed by atoms with Crippen molar-refractivity contribution in [2.45, 2.75) is 44.8 Å². The number of carbonyl (C=O) groups is 1. The van der Waals surface area contributed by atoms with E-state index in [4.69, 9.17) is 4.74 Å². The maximum absolute atomic E-state index is 12.6. The highest BCUT2D eigenvalue weighted by Crippen LogP contribution is 2.56. The Balaban J connectivity index is 1.59. The standard InChI is InChI=1S/C14H19N3O2/c1-7-5-17(6-8(2)19-7)14(18)13-11-4-9-3-10(9)12(11)15-16-13/h7-10H,3-6H2,1-2H3,(H,15,16)/t7-,8+,9-,10-/m1/s1. The molecule has 2 fully saturated rings. The highest BCUT2D eigenvalue weighted by molar-refractivity contribution is 5.94. The van der Waals surface area contributed by atoms with Crippen molar-refractivity contribution in [1.82, 2.24) is 15.1 Å². The van der Waals surface area contributed by atoms with Crippen LogP contribution in [0.4, 0.5) is 0 Å². The molecule has 1 saturated heterocycles. The van der Waals surface area contributed by atoms with Gasteiger partial charge in [0.15, 0.2) is 5.69 Å². The number of hydrogen-bond acceptors (Lipinski definition) is 3. The van der Waals surface area contributed by atoms with Gasteiger partial charge in [0, 0.05) is 30.3 Å². The summed E-state index contributed by atoms with van der Waals surface area (Å²) in [5.41, 5.74) is 3.06. The van der Waals surface area contributed by atoms with Crippen molar-refractivity contribution in [2.75, 3.05) is 13.1 Å². The van der Waals surface area contributed by atoms with E-state index in [-0.39, 0.29) is 18.1 Å². The molecule has 2 aliphatic carbocycles. The van der Waals surface area contributed by atoms with E-state index >= 15 is 0 Å². The average molecular weight is 261 g/mol. The van der Waals surface area contributed by atoms with Crippen molar-refractivity contribution in [3.05, 3.63) is 17.0 Å². The van der Waals surface area contributed by atoms with Crippen molar-refractivity contribution in [2.24, 2.45) is 5.92 Å². The molecule has 5 nitrogen and oxygen atoms in total. The van der Waals surface area contributed by atoms with Gasteiger partial charge in [-0.3, -0.25) is 9.89 Å². The predicted octanol–water partition coefficient (Wildman–Crippen LogP) is 1.32. The molecule has 4 rings (SSSR count). The Morgan fingerprint density at radius 3 is 2.84 bits per heavy atom. The molecular formula is C14H19N3O2. The number of aromatic amines is 1. The van der Waals surface area contributed by atoms with Gasteiger partial charge in [0.1, 0.15) is 0 Å². The zero-order valence-corrected chi connectivity index (χ0v) is 11.3. The zero-order chi connectivity index (χ0) is 13.1. The third kappa shape index (κ3) is 1.71. The molecule has 4 atom stereocenters. The van der Waals surface area contributed by atoms with Crippen LogP contribution in [-0.2, 0) is 11.2 Å². The van der Waals surface area contributed by atoms with Gasteiger partial charge in [-0.1, -0.05) is 0 Å². The molecule has 0 bridgehead atoms. The summed E-state index contributed by atoms with van der Waals surface area (Å²) in [7, 11) is 0. The van der Waals surface area contributed by atoms with Crippen molar-refractivity contribution >= 4 is 5.91 Å². The Kier molecular flexibility index (Phi) is 2.31. The lowest BCUT2D eigenvalue weighted by Gasteiger charge is -2.35. The maximum atomic E-state index is 12.6. The van der Waals surface area contributed by atoms with Gasteiger partial charge in [0.25, 0.3) is 5.91 Å². The molecule has 1 saturated carbocycles. The SMILES string of the molecule is C[C@@H]1CN(C(=O)c2n[nH]c3c2C[C@H]2C[C@@H]32)C[C@H](C)O1. The number of hydrogen-bond donors (Lipinski definition) is 1. The number of nitrogens with zero attached hydrogens (tertiary/aromatic N) is 2. The third-order valence-electron chi connectivity index (χ3n) is 4.57. The van der Waals surface area contributed by atoms with Crippen molar-refractivity contribution < 1.29 is 9.53 Å². The minimum absolute atomic E-state index is 0.0702. The monoisotopic (exact) mass is 261 g/mol. The number of nitrogens with one attached hydrogen (secondary N) is 1. The van der Waals surface area contributed by atoms with E-state index in [2.05, 4.69) is 10.2 Å². The van der Waals surface area contributed by atoms with E-state index < -0.39 is 0 Å². The molecule has 1 aromatic heterocycles. The molecule has 0 radical (unpaired) electrons. The number of morpholine rings is 1. The smallest absolute Gasteiger partial charge is 0.274 e. The van der Waals surface area contributed by atoms with Crippen LogP contribution >= 0.6 is 0 Å². The van der Waals surface area contributed by atoms with Crippen LogP contribution in [-0.4, -0.2) is 46.3 Å². The summed E-state index contributed by atoms with van der Waals surface area (Å²) in [5, 5.41) is 7.37. The number of aromatic nitrogens is 2. The van der Waals surface area contributed by atoms with Crippen molar-refractivity contribution in [3.8, 4) is 0 Å². The second-order valence-corrected chi connectivity index (χ2v) is 6.24. The van der Waals surface area contributed by atoms with Crippen LogP contribution in [0.15, 0.2) is 0 Å². The Hall–Kier alpha value is -1.36. The van der Waals surface area contributed by atoms with Gasteiger partial charge in [-0.05, 0) is 32.6 Å². The minimum atomic E-state index is 0.0702.